The molecule has 0 aromatic heterocycles. The maximum atomic E-state index is 3.65. The second-order valence-corrected chi connectivity index (χ2v) is 5.78. The lowest BCUT2D eigenvalue weighted by Crippen LogP contribution is -2.48. The predicted molar refractivity (Wildman–Crippen MR) is 82.3 cm³/mol. The van der Waals surface area contributed by atoms with Crippen molar-refractivity contribution in [3.8, 4) is 0 Å². The van der Waals surface area contributed by atoms with E-state index in [1.54, 1.807) is 0 Å². The quantitative estimate of drug-likeness (QED) is 0.874. The van der Waals surface area contributed by atoms with Gasteiger partial charge in [0, 0.05) is 19.1 Å². The van der Waals surface area contributed by atoms with Gasteiger partial charge in [-0.05, 0) is 43.5 Å². The van der Waals surface area contributed by atoms with Crippen LogP contribution >= 0.6 is 0 Å². The molecule has 0 amide bonds. The van der Waals surface area contributed by atoms with Crippen LogP contribution in [0.1, 0.15) is 37.8 Å². The molecule has 1 fully saturated rings. The molecule has 1 saturated heterocycles. The molecule has 2 rings (SSSR count). The Morgan fingerprint density at radius 3 is 2.74 bits per heavy atom. The molecule has 1 heterocycles. The molecule has 2 heteroatoms. The standard InChI is InChI=1S/C17H28N2/c1-4-15-12-19(11-10-17(15)18-5-2)13-16-9-7-6-8-14(16)3/h6-9,15,17-18H,4-5,10-13H2,1-3H3. The van der Waals surface area contributed by atoms with Gasteiger partial charge in [0.2, 0.25) is 0 Å². The van der Waals surface area contributed by atoms with E-state index in [4.69, 9.17) is 0 Å². The molecule has 1 aromatic rings. The second-order valence-electron chi connectivity index (χ2n) is 5.78. The van der Waals surface area contributed by atoms with Crippen LogP contribution in [0.2, 0.25) is 0 Å². The third-order valence-corrected chi connectivity index (χ3v) is 4.46. The highest BCUT2D eigenvalue weighted by Gasteiger charge is 2.27. The van der Waals surface area contributed by atoms with Crippen molar-refractivity contribution in [1.29, 1.82) is 0 Å². The summed E-state index contributed by atoms with van der Waals surface area (Å²) in [7, 11) is 0. The summed E-state index contributed by atoms with van der Waals surface area (Å²) in [5, 5.41) is 3.65. The SMILES string of the molecule is CCNC1CCN(Cc2ccccc2C)CC1CC. The summed E-state index contributed by atoms with van der Waals surface area (Å²) >= 11 is 0. The fourth-order valence-electron chi connectivity index (χ4n) is 3.22. The fourth-order valence-corrected chi connectivity index (χ4v) is 3.22. The van der Waals surface area contributed by atoms with E-state index in [0.29, 0.717) is 0 Å². The minimum Gasteiger partial charge on any atom is -0.314 e. The highest BCUT2D eigenvalue weighted by Crippen LogP contribution is 2.22. The number of likely N-dealkylation sites (tertiary alicyclic amines) is 1. The van der Waals surface area contributed by atoms with E-state index in [0.717, 1.165) is 25.0 Å². The van der Waals surface area contributed by atoms with Crippen molar-refractivity contribution in [2.75, 3.05) is 19.6 Å². The number of rotatable bonds is 5. The first kappa shape index (κ1) is 14.5. The van der Waals surface area contributed by atoms with Crippen LogP contribution in [0.15, 0.2) is 24.3 Å². The van der Waals surface area contributed by atoms with E-state index in [9.17, 15) is 0 Å². The van der Waals surface area contributed by atoms with Crippen LogP contribution in [0.3, 0.4) is 0 Å². The minimum absolute atomic E-state index is 0.725. The van der Waals surface area contributed by atoms with Crippen molar-refractivity contribution in [3.05, 3.63) is 35.4 Å². The van der Waals surface area contributed by atoms with Crippen LogP contribution in [-0.2, 0) is 6.54 Å². The largest absolute Gasteiger partial charge is 0.314 e. The third-order valence-electron chi connectivity index (χ3n) is 4.46. The zero-order valence-electron chi connectivity index (χ0n) is 12.7. The number of aryl methyl sites for hydroxylation is 1. The van der Waals surface area contributed by atoms with E-state index < -0.39 is 0 Å². The molecule has 2 nitrogen and oxygen atoms in total. The molecular formula is C17H28N2. The molecule has 0 saturated carbocycles. The first-order valence-corrected chi connectivity index (χ1v) is 7.74. The number of nitrogens with zero attached hydrogens (tertiary/aromatic N) is 1. The zero-order chi connectivity index (χ0) is 13.7. The maximum absolute atomic E-state index is 3.65. The molecule has 19 heavy (non-hydrogen) atoms. The monoisotopic (exact) mass is 260 g/mol. The number of piperidine rings is 1. The lowest BCUT2D eigenvalue weighted by atomic mass is 9.89. The highest BCUT2D eigenvalue weighted by atomic mass is 15.1. The highest BCUT2D eigenvalue weighted by molar-refractivity contribution is 5.25. The number of hydrogen-bond acceptors (Lipinski definition) is 2. The predicted octanol–water partition coefficient (Wildman–Crippen LogP) is 3.21. The Hall–Kier alpha value is -0.860. The molecule has 2 atom stereocenters. The number of nitrogens with one attached hydrogen (secondary N) is 1. The first-order valence-electron chi connectivity index (χ1n) is 7.74. The average molecular weight is 260 g/mol. The third kappa shape index (κ3) is 3.80. The first-order chi connectivity index (χ1) is 9.24. The minimum atomic E-state index is 0.725. The van der Waals surface area contributed by atoms with E-state index in [1.807, 2.05) is 0 Å². The van der Waals surface area contributed by atoms with Gasteiger partial charge in [-0.15, -0.1) is 0 Å². The van der Waals surface area contributed by atoms with Crippen molar-refractivity contribution in [2.45, 2.75) is 46.2 Å². The van der Waals surface area contributed by atoms with Crippen molar-refractivity contribution < 1.29 is 0 Å². The van der Waals surface area contributed by atoms with Gasteiger partial charge in [0.25, 0.3) is 0 Å². The van der Waals surface area contributed by atoms with Gasteiger partial charge >= 0.3 is 0 Å². The lowest BCUT2D eigenvalue weighted by Gasteiger charge is -2.39. The van der Waals surface area contributed by atoms with Crippen molar-refractivity contribution in [3.63, 3.8) is 0 Å². The Morgan fingerprint density at radius 2 is 2.05 bits per heavy atom. The van der Waals surface area contributed by atoms with Gasteiger partial charge in [-0.3, -0.25) is 4.90 Å². The molecule has 0 bridgehead atoms. The van der Waals surface area contributed by atoms with Crippen LogP contribution in [0, 0.1) is 12.8 Å². The van der Waals surface area contributed by atoms with Gasteiger partial charge in [-0.1, -0.05) is 44.5 Å². The molecule has 1 aliphatic rings. The van der Waals surface area contributed by atoms with Gasteiger partial charge < -0.3 is 5.32 Å². The fraction of sp³-hybridized carbons (Fsp3) is 0.647. The molecule has 106 valence electrons. The average Bonchev–Trinajstić information content (AvgIpc) is 2.43. The molecule has 1 N–H and O–H groups in total. The topological polar surface area (TPSA) is 15.3 Å². The summed E-state index contributed by atoms with van der Waals surface area (Å²) in [6, 6.07) is 9.50. The van der Waals surface area contributed by atoms with Crippen molar-refractivity contribution in [2.24, 2.45) is 5.92 Å². The number of hydrogen-bond donors (Lipinski definition) is 1. The molecule has 0 aliphatic carbocycles. The van der Waals surface area contributed by atoms with Gasteiger partial charge in [-0.2, -0.15) is 0 Å². The van der Waals surface area contributed by atoms with E-state index in [-0.39, 0.29) is 0 Å². The van der Waals surface area contributed by atoms with Gasteiger partial charge in [0.15, 0.2) is 0 Å². The number of benzene rings is 1. The van der Waals surface area contributed by atoms with Crippen LogP contribution in [0.5, 0.6) is 0 Å². The Labute approximate surface area is 118 Å². The summed E-state index contributed by atoms with van der Waals surface area (Å²) in [5.41, 5.74) is 2.91. The van der Waals surface area contributed by atoms with E-state index >= 15 is 0 Å². The van der Waals surface area contributed by atoms with E-state index in [1.165, 1.54) is 37.1 Å². The van der Waals surface area contributed by atoms with Gasteiger partial charge in [0.1, 0.15) is 0 Å². The Bertz CT molecular complexity index is 389. The summed E-state index contributed by atoms with van der Waals surface area (Å²) in [6.07, 6.45) is 2.57. The smallest absolute Gasteiger partial charge is 0.0236 e. The lowest BCUT2D eigenvalue weighted by molar-refractivity contribution is 0.129. The van der Waals surface area contributed by atoms with Crippen LogP contribution in [0.25, 0.3) is 0 Å². The van der Waals surface area contributed by atoms with Crippen molar-refractivity contribution >= 4 is 0 Å². The molecule has 2 unspecified atom stereocenters. The normalized spacial score (nSPS) is 24.6. The van der Waals surface area contributed by atoms with E-state index in [2.05, 4.69) is 55.3 Å². The van der Waals surface area contributed by atoms with Crippen molar-refractivity contribution in [1.82, 2.24) is 10.2 Å². The molecule has 0 spiro atoms. The van der Waals surface area contributed by atoms with Gasteiger partial charge in [-0.25, -0.2) is 0 Å². The summed E-state index contributed by atoms with van der Waals surface area (Å²) < 4.78 is 0. The zero-order valence-corrected chi connectivity index (χ0v) is 12.7. The second kappa shape index (κ2) is 7.06. The summed E-state index contributed by atoms with van der Waals surface area (Å²) in [4.78, 5) is 2.63. The van der Waals surface area contributed by atoms with Crippen LogP contribution < -0.4 is 5.32 Å². The molecule has 0 radical (unpaired) electrons. The Balaban J connectivity index is 1.95. The molecular weight excluding hydrogens is 232 g/mol. The maximum Gasteiger partial charge on any atom is 0.0236 e. The summed E-state index contributed by atoms with van der Waals surface area (Å²) in [5.74, 6) is 0.803. The van der Waals surface area contributed by atoms with Gasteiger partial charge in [0.05, 0.1) is 0 Å². The Kier molecular flexibility index (Phi) is 5.41. The molecule has 1 aromatic carbocycles. The van der Waals surface area contributed by atoms with Crippen LogP contribution in [-0.4, -0.2) is 30.6 Å². The summed E-state index contributed by atoms with van der Waals surface area (Å²) in [6.45, 7) is 11.4. The van der Waals surface area contributed by atoms with Crippen LogP contribution in [0.4, 0.5) is 0 Å². The Morgan fingerprint density at radius 1 is 1.26 bits per heavy atom. The molecule has 1 aliphatic heterocycles.